The first-order valence-electron chi connectivity index (χ1n) is 8.11. The summed E-state index contributed by atoms with van der Waals surface area (Å²) in [5.41, 5.74) is 11.5. The van der Waals surface area contributed by atoms with E-state index in [9.17, 15) is 19.5 Å². The van der Waals surface area contributed by atoms with Gasteiger partial charge in [0.1, 0.15) is 12.1 Å². The summed E-state index contributed by atoms with van der Waals surface area (Å²) in [5, 5.41) is 14.3. The van der Waals surface area contributed by atoms with Crippen molar-refractivity contribution in [2.75, 3.05) is 6.54 Å². The summed E-state index contributed by atoms with van der Waals surface area (Å²) in [6.45, 7) is 1.94. The van der Waals surface area contributed by atoms with Crippen LogP contribution in [0.25, 0.3) is 0 Å². The molecule has 2 amide bonds. The van der Waals surface area contributed by atoms with Crippen molar-refractivity contribution in [3.63, 3.8) is 0 Å². The Bertz CT molecular complexity index is 560. The molecule has 25 heavy (non-hydrogen) atoms. The molecule has 0 fully saturated rings. The fourth-order valence-electron chi connectivity index (χ4n) is 2.15. The highest BCUT2D eigenvalue weighted by Crippen LogP contribution is 2.04. The summed E-state index contributed by atoms with van der Waals surface area (Å²) in [4.78, 5) is 42.4. The van der Waals surface area contributed by atoms with Gasteiger partial charge in [0.05, 0.1) is 12.4 Å². The molecule has 3 atom stereocenters. The van der Waals surface area contributed by atoms with Crippen molar-refractivity contribution in [1.82, 2.24) is 20.6 Å². The van der Waals surface area contributed by atoms with E-state index in [1.807, 2.05) is 0 Å². The predicted octanol–water partition coefficient (Wildman–Crippen LogP) is -1.52. The van der Waals surface area contributed by atoms with Crippen molar-refractivity contribution in [2.45, 2.75) is 50.7 Å². The van der Waals surface area contributed by atoms with E-state index in [0.717, 1.165) is 0 Å². The van der Waals surface area contributed by atoms with E-state index in [0.29, 0.717) is 25.1 Å². The molecule has 8 N–H and O–H groups in total. The Hall–Kier alpha value is -2.46. The first kappa shape index (κ1) is 20.6. The van der Waals surface area contributed by atoms with Crippen LogP contribution in [0, 0.1) is 0 Å². The lowest BCUT2D eigenvalue weighted by Gasteiger charge is -2.22. The number of amides is 2. The molecular weight excluding hydrogens is 328 g/mol. The average Bonchev–Trinajstić information content (AvgIpc) is 3.06. The molecular formula is C15H26N6O4. The molecule has 140 valence electrons. The SMILES string of the molecule is C[C@H](N)C(=O)N[C@@H](Cc1cnc[nH]1)C(=O)N[C@@H](CCCCN)C(=O)O. The number of nitrogens with two attached hydrogens (primary N) is 2. The number of unbranched alkanes of at least 4 members (excludes halogenated alkanes) is 1. The maximum Gasteiger partial charge on any atom is 0.326 e. The number of carbonyl (C=O) groups is 3. The molecule has 0 unspecified atom stereocenters. The molecule has 0 saturated carbocycles. The minimum absolute atomic E-state index is 0.138. The molecule has 0 aliphatic heterocycles. The monoisotopic (exact) mass is 354 g/mol. The van der Waals surface area contributed by atoms with E-state index in [-0.39, 0.29) is 12.8 Å². The van der Waals surface area contributed by atoms with Gasteiger partial charge in [-0.1, -0.05) is 0 Å². The van der Waals surface area contributed by atoms with Gasteiger partial charge >= 0.3 is 5.97 Å². The number of hydrogen-bond donors (Lipinski definition) is 6. The van der Waals surface area contributed by atoms with Crippen LogP contribution >= 0.6 is 0 Å². The quantitative estimate of drug-likeness (QED) is 0.261. The Balaban J connectivity index is 2.78. The number of rotatable bonds is 11. The van der Waals surface area contributed by atoms with E-state index in [4.69, 9.17) is 11.5 Å². The van der Waals surface area contributed by atoms with Crippen LogP contribution in [0.1, 0.15) is 31.9 Å². The Morgan fingerprint density at radius 3 is 2.44 bits per heavy atom. The molecule has 1 rings (SSSR count). The smallest absolute Gasteiger partial charge is 0.326 e. The lowest BCUT2D eigenvalue weighted by atomic mass is 10.1. The molecule has 0 bridgehead atoms. The molecule has 0 aliphatic rings. The number of nitrogens with zero attached hydrogens (tertiary/aromatic N) is 1. The first-order chi connectivity index (χ1) is 11.8. The second-order valence-corrected chi connectivity index (χ2v) is 5.81. The molecule has 1 aromatic heterocycles. The standard InChI is InChI=1S/C15H26N6O4/c1-9(17)13(22)21-12(6-10-7-18-8-19-10)14(23)20-11(15(24)25)4-2-3-5-16/h7-9,11-12H,2-6,16-17H2,1H3,(H,18,19)(H,20,23)(H,21,22)(H,24,25)/t9-,11-,12-/m0/s1. The number of carboxylic acid groups (broad SMARTS) is 1. The molecule has 0 radical (unpaired) electrons. The van der Waals surface area contributed by atoms with E-state index in [1.54, 1.807) is 0 Å². The Kier molecular flexibility index (Phi) is 8.57. The molecule has 0 saturated heterocycles. The van der Waals surface area contributed by atoms with Crippen LogP contribution in [0.3, 0.4) is 0 Å². The van der Waals surface area contributed by atoms with Crippen molar-refractivity contribution in [3.8, 4) is 0 Å². The third-order valence-electron chi connectivity index (χ3n) is 3.59. The second-order valence-electron chi connectivity index (χ2n) is 5.81. The lowest BCUT2D eigenvalue weighted by molar-refractivity contribution is -0.142. The van der Waals surface area contributed by atoms with Gasteiger partial charge in [0.25, 0.3) is 0 Å². The van der Waals surface area contributed by atoms with E-state index in [1.165, 1.54) is 19.4 Å². The molecule has 10 nitrogen and oxygen atoms in total. The van der Waals surface area contributed by atoms with E-state index < -0.39 is 35.9 Å². The van der Waals surface area contributed by atoms with Crippen molar-refractivity contribution < 1.29 is 19.5 Å². The van der Waals surface area contributed by atoms with Gasteiger partial charge in [-0.2, -0.15) is 0 Å². The van der Waals surface area contributed by atoms with Crippen molar-refractivity contribution >= 4 is 17.8 Å². The zero-order valence-electron chi connectivity index (χ0n) is 14.2. The number of hydrogen-bond acceptors (Lipinski definition) is 6. The Morgan fingerprint density at radius 2 is 1.92 bits per heavy atom. The van der Waals surface area contributed by atoms with E-state index in [2.05, 4.69) is 20.6 Å². The van der Waals surface area contributed by atoms with Crippen molar-refractivity contribution in [1.29, 1.82) is 0 Å². The summed E-state index contributed by atoms with van der Waals surface area (Å²) in [6, 6.07) is -2.80. The highest BCUT2D eigenvalue weighted by molar-refractivity contribution is 5.91. The first-order valence-corrected chi connectivity index (χ1v) is 8.11. The fraction of sp³-hybridized carbons (Fsp3) is 0.600. The van der Waals surface area contributed by atoms with Gasteiger partial charge in [0, 0.05) is 18.3 Å². The summed E-state index contributed by atoms with van der Waals surface area (Å²) >= 11 is 0. The highest BCUT2D eigenvalue weighted by Gasteiger charge is 2.27. The Morgan fingerprint density at radius 1 is 1.24 bits per heavy atom. The van der Waals surface area contributed by atoms with Gasteiger partial charge in [-0.25, -0.2) is 9.78 Å². The Labute approximate surface area is 145 Å². The number of imidazole rings is 1. The van der Waals surface area contributed by atoms with Crippen LogP contribution in [0.2, 0.25) is 0 Å². The number of nitrogens with one attached hydrogen (secondary N) is 3. The van der Waals surface area contributed by atoms with Crippen LogP contribution < -0.4 is 22.1 Å². The maximum atomic E-state index is 12.5. The van der Waals surface area contributed by atoms with Crippen molar-refractivity contribution in [3.05, 3.63) is 18.2 Å². The molecule has 1 aromatic rings. The third kappa shape index (κ3) is 7.31. The second kappa shape index (κ2) is 10.4. The summed E-state index contributed by atoms with van der Waals surface area (Å²) in [5.74, 6) is -2.23. The molecule has 0 aromatic carbocycles. The predicted molar refractivity (Wildman–Crippen MR) is 90.3 cm³/mol. The van der Waals surface area contributed by atoms with Gasteiger partial charge in [-0.15, -0.1) is 0 Å². The summed E-state index contributed by atoms with van der Waals surface area (Å²) < 4.78 is 0. The molecule has 0 spiro atoms. The van der Waals surface area contributed by atoms with Gasteiger partial charge < -0.3 is 32.2 Å². The normalized spacial score (nSPS) is 14.4. The van der Waals surface area contributed by atoms with Crippen LogP contribution in [0.15, 0.2) is 12.5 Å². The number of carboxylic acids is 1. The number of H-pyrrole nitrogens is 1. The summed E-state index contributed by atoms with van der Waals surface area (Å²) in [6.07, 6.45) is 4.61. The van der Waals surface area contributed by atoms with Crippen LogP contribution in [-0.2, 0) is 20.8 Å². The lowest BCUT2D eigenvalue weighted by Crippen LogP contribution is -2.54. The fourth-order valence-corrected chi connectivity index (χ4v) is 2.15. The number of carbonyl (C=O) groups excluding carboxylic acids is 2. The molecule has 1 heterocycles. The molecule has 10 heteroatoms. The van der Waals surface area contributed by atoms with Crippen LogP contribution in [0.5, 0.6) is 0 Å². The van der Waals surface area contributed by atoms with Gasteiger partial charge in [0.2, 0.25) is 11.8 Å². The van der Waals surface area contributed by atoms with Gasteiger partial charge in [0.15, 0.2) is 0 Å². The summed E-state index contributed by atoms with van der Waals surface area (Å²) in [7, 11) is 0. The van der Waals surface area contributed by atoms with Crippen LogP contribution in [0.4, 0.5) is 0 Å². The zero-order valence-corrected chi connectivity index (χ0v) is 14.2. The largest absolute Gasteiger partial charge is 0.480 e. The average molecular weight is 354 g/mol. The topological polar surface area (TPSA) is 176 Å². The van der Waals surface area contributed by atoms with Crippen LogP contribution in [-0.4, -0.2) is 57.5 Å². The number of aromatic amines is 1. The molecule has 0 aliphatic carbocycles. The zero-order chi connectivity index (χ0) is 18.8. The number of aromatic nitrogens is 2. The number of aliphatic carboxylic acids is 1. The highest BCUT2D eigenvalue weighted by atomic mass is 16.4. The maximum absolute atomic E-state index is 12.5. The minimum atomic E-state index is -1.14. The minimum Gasteiger partial charge on any atom is -0.480 e. The van der Waals surface area contributed by atoms with Gasteiger partial charge in [-0.3, -0.25) is 9.59 Å². The van der Waals surface area contributed by atoms with Crippen molar-refractivity contribution in [2.24, 2.45) is 11.5 Å². The van der Waals surface area contributed by atoms with Gasteiger partial charge in [-0.05, 0) is 32.7 Å². The third-order valence-corrected chi connectivity index (χ3v) is 3.59. The van der Waals surface area contributed by atoms with E-state index >= 15 is 0 Å².